The summed E-state index contributed by atoms with van der Waals surface area (Å²) >= 11 is 0. The van der Waals surface area contributed by atoms with Gasteiger partial charge in [-0.3, -0.25) is 4.90 Å². The number of carbonyl (C=O) groups excluding carboxylic acids is 1. The minimum absolute atomic E-state index is 0.241. The van der Waals surface area contributed by atoms with Gasteiger partial charge >= 0.3 is 5.97 Å². The maximum Gasteiger partial charge on any atom is 0.338 e. The molecule has 0 saturated heterocycles. The highest BCUT2D eigenvalue weighted by atomic mass is 16.5. The Kier molecular flexibility index (Phi) is 5.46. The SMILES string of the molecule is CCOC(=O)c1ccc2c(c1)C(N(C)C(C)C)C(CC)CN2. The van der Waals surface area contributed by atoms with E-state index in [2.05, 4.69) is 38.0 Å². The minimum atomic E-state index is -0.241. The molecular formula is C18H28N2O2. The summed E-state index contributed by atoms with van der Waals surface area (Å²) in [6.07, 6.45) is 1.11. The summed E-state index contributed by atoms with van der Waals surface area (Å²) in [5.41, 5.74) is 2.98. The van der Waals surface area contributed by atoms with Gasteiger partial charge in [0.25, 0.3) is 0 Å². The van der Waals surface area contributed by atoms with Crippen molar-refractivity contribution in [3.05, 3.63) is 29.3 Å². The highest BCUT2D eigenvalue weighted by Gasteiger charge is 2.33. The molecule has 0 radical (unpaired) electrons. The predicted molar refractivity (Wildman–Crippen MR) is 90.3 cm³/mol. The Morgan fingerprint density at radius 2 is 2.14 bits per heavy atom. The minimum Gasteiger partial charge on any atom is -0.462 e. The third-order valence-electron chi connectivity index (χ3n) is 4.66. The van der Waals surface area contributed by atoms with E-state index in [1.165, 1.54) is 5.56 Å². The number of ether oxygens (including phenoxy) is 1. The Morgan fingerprint density at radius 1 is 1.41 bits per heavy atom. The Labute approximate surface area is 133 Å². The molecular weight excluding hydrogens is 276 g/mol. The molecule has 0 bridgehead atoms. The van der Waals surface area contributed by atoms with Crippen molar-refractivity contribution >= 4 is 11.7 Å². The van der Waals surface area contributed by atoms with Crippen LogP contribution in [0.1, 0.15) is 56.1 Å². The third-order valence-corrected chi connectivity index (χ3v) is 4.66. The number of fused-ring (bicyclic) bond motifs is 1. The molecule has 0 amide bonds. The van der Waals surface area contributed by atoms with Gasteiger partial charge in [0.1, 0.15) is 0 Å². The van der Waals surface area contributed by atoms with E-state index in [9.17, 15) is 4.79 Å². The Morgan fingerprint density at radius 3 is 2.73 bits per heavy atom. The Hall–Kier alpha value is -1.55. The number of esters is 1. The normalized spacial score (nSPS) is 20.7. The molecule has 0 aliphatic carbocycles. The van der Waals surface area contributed by atoms with Gasteiger partial charge in [-0.25, -0.2) is 4.79 Å². The maximum atomic E-state index is 12.0. The van der Waals surface area contributed by atoms with Gasteiger partial charge in [0.05, 0.1) is 12.2 Å². The van der Waals surface area contributed by atoms with E-state index >= 15 is 0 Å². The van der Waals surface area contributed by atoms with Gasteiger partial charge < -0.3 is 10.1 Å². The molecule has 2 rings (SSSR count). The van der Waals surface area contributed by atoms with E-state index in [-0.39, 0.29) is 5.97 Å². The summed E-state index contributed by atoms with van der Waals surface area (Å²) in [4.78, 5) is 14.4. The van der Waals surface area contributed by atoms with Crippen LogP contribution in [0.5, 0.6) is 0 Å². The average molecular weight is 304 g/mol. The van der Waals surface area contributed by atoms with Crippen LogP contribution < -0.4 is 5.32 Å². The lowest BCUT2D eigenvalue weighted by molar-refractivity contribution is 0.0526. The van der Waals surface area contributed by atoms with E-state index in [1.807, 2.05) is 25.1 Å². The largest absolute Gasteiger partial charge is 0.462 e. The van der Waals surface area contributed by atoms with Crippen molar-refractivity contribution in [1.29, 1.82) is 0 Å². The molecule has 22 heavy (non-hydrogen) atoms. The van der Waals surface area contributed by atoms with E-state index in [0.29, 0.717) is 30.2 Å². The first-order chi connectivity index (χ1) is 10.5. The number of nitrogens with zero attached hydrogens (tertiary/aromatic N) is 1. The molecule has 122 valence electrons. The van der Waals surface area contributed by atoms with Gasteiger partial charge in [0.2, 0.25) is 0 Å². The average Bonchev–Trinajstić information content (AvgIpc) is 2.52. The van der Waals surface area contributed by atoms with Crippen LogP contribution in [0, 0.1) is 5.92 Å². The summed E-state index contributed by atoms with van der Waals surface area (Å²) in [6.45, 7) is 9.87. The lowest BCUT2D eigenvalue weighted by Crippen LogP contribution is -2.40. The first-order valence-corrected chi connectivity index (χ1v) is 8.26. The Balaban J connectivity index is 2.42. The van der Waals surface area contributed by atoms with Crippen molar-refractivity contribution in [3.63, 3.8) is 0 Å². The molecule has 0 spiro atoms. The fourth-order valence-electron chi connectivity index (χ4n) is 3.16. The number of nitrogens with one attached hydrogen (secondary N) is 1. The fourth-order valence-corrected chi connectivity index (χ4v) is 3.16. The molecule has 1 N–H and O–H groups in total. The number of carbonyl (C=O) groups is 1. The van der Waals surface area contributed by atoms with Crippen molar-refractivity contribution in [2.45, 2.75) is 46.2 Å². The van der Waals surface area contributed by atoms with Gasteiger partial charge in [-0.15, -0.1) is 0 Å². The van der Waals surface area contributed by atoms with E-state index in [4.69, 9.17) is 4.74 Å². The first-order valence-electron chi connectivity index (χ1n) is 8.26. The molecule has 1 heterocycles. The second-order valence-electron chi connectivity index (χ2n) is 6.28. The zero-order valence-electron chi connectivity index (χ0n) is 14.3. The van der Waals surface area contributed by atoms with Crippen molar-refractivity contribution in [3.8, 4) is 0 Å². The second-order valence-corrected chi connectivity index (χ2v) is 6.28. The van der Waals surface area contributed by atoms with Gasteiger partial charge in [-0.1, -0.05) is 6.92 Å². The van der Waals surface area contributed by atoms with Gasteiger partial charge in [-0.05, 0) is 63.9 Å². The highest BCUT2D eigenvalue weighted by molar-refractivity contribution is 5.90. The zero-order valence-corrected chi connectivity index (χ0v) is 14.3. The van der Waals surface area contributed by atoms with Crippen molar-refractivity contribution in [2.24, 2.45) is 5.92 Å². The van der Waals surface area contributed by atoms with Crippen LogP contribution in [0.25, 0.3) is 0 Å². The molecule has 1 aromatic carbocycles. The Bertz CT molecular complexity index is 528. The molecule has 0 fully saturated rings. The molecule has 4 heteroatoms. The molecule has 4 nitrogen and oxygen atoms in total. The monoisotopic (exact) mass is 304 g/mol. The van der Waals surface area contributed by atoms with E-state index in [1.54, 1.807) is 0 Å². The fraction of sp³-hybridized carbons (Fsp3) is 0.611. The van der Waals surface area contributed by atoms with Crippen molar-refractivity contribution < 1.29 is 9.53 Å². The maximum absolute atomic E-state index is 12.0. The van der Waals surface area contributed by atoms with Crippen LogP contribution in [0.15, 0.2) is 18.2 Å². The van der Waals surface area contributed by atoms with Gasteiger partial charge in [-0.2, -0.15) is 0 Å². The van der Waals surface area contributed by atoms with Gasteiger partial charge in [0.15, 0.2) is 0 Å². The number of benzene rings is 1. The molecule has 1 aliphatic heterocycles. The smallest absolute Gasteiger partial charge is 0.338 e. The highest BCUT2D eigenvalue weighted by Crippen LogP contribution is 2.39. The van der Waals surface area contributed by atoms with Crippen LogP contribution in [0.4, 0.5) is 5.69 Å². The summed E-state index contributed by atoms with van der Waals surface area (Å²) in [6, 6.07) is 6.65. The summed E-state index contributed by atoms with van der Waals surface area (Å²) in [5, 5.41) is 3.51. The lowest BCUT2D eigenvalue weighted by atomic mass is 9.84. The van der Waals surface area contributed by atoms with Crippen LogP contribution in [-0.4, -0.2) is 37.1 Å². The summed E-state index contributed by atoms with van der Waals surface area (Å²) < 4.78 is 5.14. The van der Waals surface area contributed by atoms with Crippen LogP contribution in [-0.2, 0) is 4.74 Å². The van der Waals surface area contributed by atoms with E-state index in [0.717, 1.165) is 18.7 Å². The number of hydrogen-bond acceptors (Lipinski definition) is 4. The van der Waals surface area contributed by atoms with Crippen LogP contribution in [0.2, 0.25) is 0 Å². The third kappa shape index (κ3) is 3.27. The first kappa shape index (κ1) is 16.8. The molecule has 0 aromatic heterocycles. The molecule has 2 atom stereocenters. The molecule has 1 aromatic rings. The quantitative estimate of drug-likeness (QED) is 0.842. The van der Waals surface area contributed by atoms with Gasteiger partial charge in [0, 0.05) is 24.3 Å². The zero-order chi connectivity index (χ0) is 16.3. The summed E-state index contributed by atoms with van der Waals surface area (Å²) in [7, 11) is 2.17. The van der Waals surface area contributed by atoms with E-state index < -0.39 is 0 Å². The van der Waals surface area contributed by atoms with Crippen molar-refractivity contribution in [2.75, 3.05) is 25.5 Å². The second kappa shape index (κ2) is 7.14. The predicted octanol–water partition coefficient (Wildman–Crippen LogP) is 3.70. The van der Waals surface area contributed by atoms with Crippen LogP contribution >= 0.6 is 0 Å². The number of anilines is 1. The lowest BCUT2D eigenvalue weighted by Gasteiger charge is -2.41. The topological polar surface area (TPSA) is 41.6 Å². The number of rotatable bonds is 5. The molecule has 2 unspecified atom stereocenters. The summed E-state index contributed by atoms with van der Waals surface area (Å²) in [5.74, 6) is 0.298. The molecule has 1 aliphatic rings. The molecule has 0 saturated carbocycles. The standard InChI is InChI=1S/C18H28N2O2/c1-6-13-11-19-16-9-8-14(18(21)22-7-2)10-15(16)17(13)20(5)12(3)4/h8-10,12-13,17,19H,6-7,11H2,1-5H3. The van der Waals surface area contributed by atoms with Crippen LogP contribution in [0.3, 0.4) is 0 Å². The number of hydrogen-bond donors (Lipinski definition) is 1. The van der Waals surface area contributed by atoms with Crippen molar-refractivity contribution in [1.82, 2.24) is 4.90 Å².